The van der Waals surface area contributed by atoms with E-state index in [1.165, 1.54) is 11.3 Å². The zero-order chi connectivity index (χ0) is 17.7. The topological polar surface area (TPSA) is 64.3 Å². The average Bonchev–Trinajstić information content (AvgIpc) is 2.94. The monoisotopic (exact) mass is 366 g/mol. The largest absolute Gasteiger partial charge is 0.445 e. The number of thiophene rings is 1. The van der Waals surface area contributed by atoms with Crippen LogP contribution in [-0.4, -0.2) is 12.5 Å². The number of primary amides is 1. The number of hydrogen-bond donors (Lipinski definition) is 2. The van der Waals surface area contributed by atoms with E-state index >= 15 is 0 Å². The van der Waals surface area contributed by atoms with Gasteiger partial charge in [0.1, 0.15) is 5.75 Å². The molecule has 1 aromatic heterocycles. The normalized spacial score (nSPS) is 11.5. The van der Waals surface area contributed by atoms with Gasteiger partial charge in [-0.1, -0.05) is 49.8 Å². The fraction of sp³-hybridized carbons (Fsp3) is 0.389. The fourth-order valence-electron chi connectivity index (χ4n) is 2.05. The van der Waals surface area contributed by atoms with Crippen LogP contribution in [0.4, 0.5) is 0 Å². The zero-order valence-electron chi connectivity index (χ0n) is 14.2. The van der Waals surface area contributed by atoms with Crippen LogP contribution in [0.1, 0.15) is 42.4 Å². The summed E-state index contributed by atoms with van der Waals surface area (Å²) < 4.78 is 5.72. The summed E-state index contributed by atoms with van der Waals surface area (Å²) in [6, 6.07) is 9.07. The van der Waals surface area contributed by atoms with Crippen LogP contribution >= 0.6 is 22.9 Å². The van der Waals surface area contributed by atoms with Gasteiger partial charge in [0.25, 0.3) is 5.91 Å². The third kappa shape index (κ3) is 5.82. The summed E-state index contributed by atoms with van der Waals surface area (Å²) in [5.41, 5.74) is 6.67. The van der Waals surface area contributed by atoms with E-state index in [9.17, 15) is 4.79 Å². The minimum atomic E-state index is -0.461. The first-order valence-corrected chi connectivity index (χ1v) is 9.01. The van der Waals surface area contributed by atoms with Gasteiger partial charge in [-0.15, -0.1) is 0 Å². The van der Waals surface area contributed by atoms with Crippen molar-refractivity contribution < 1.29 is 9.53 Å². The summed E-state index contributed by atoms with van der Waals surface area (Å²) in [6.07, 6.45) is 1.11. The zero-order valence-corrected chi connectivity index (χ0v) is 15.8. The predicted octanol–water partition coefficient (Wildman–Crippen LogP) is 4.82. The highest BCUT2D eigenvalue weighted by molar-refractivity contribution is 7.15. The van der Waals surface area contributed by atoms with Crippen LogP contribution < -0.4 is 15.8 Å². The number of nitrogens with two attached hydrogens (primary N) is 1. The summed E-state index contributed by atoms with van der Waals surface area (Å²) in [7, 11) is 0. The molecule has 0 aliphatic carbocycles. The smallest absolute Gasteiger partial charge is 0.258 e. The molecule has 0 saturated carbocycles. The molecule has 0 saturated heterocycles. The summed E-state index contributed by atoms with van der Waals surface area (Å²) >= 11 is 7.49. The quantitative estimate of drug-likeness (QED) is 0.690. The van der Waals surface area contributed by atoms with Gasteiger partial charge in [-0.3, -0.25) is 4.79 Å². The molecule has 3 N–H and O–H groups in total. The van der Waals surface area contributed by atoms with Gasteiger partial charge >= 0.3 is 0 Å². The van der Waals surface area contributed by atoms with Crippen molar-refractivity contribution in [2.45, 2.75) is 33.7 Å². The lowest BCUT2D eigenvalue weighted by Gasteiger charge is -2.18. The van der Waals surface area contributed by atoms with Crippen molar-refractivity contribution >= 4 is 28.8 Å². The van der Waals surface area contributed by atoms with Crippen LogP contribution in [0.25, 0.3) is 0 Å². The molecule has 130 valence electrons. The molecular weight excluding hydrogens is 344 g/mol. The number of carbonyl (C=O) groups is 1. The van der Waals surface area contributed by atoms with Crippen LogP contribution in [-0.2, 0) is 6.54 Å². The van der Waals surface area contributed by atoms with E-state index in [1.807, 2.05) is 18.2 Å². The second-order valence-electron chi connectivity index (χ2n) is 6.84. The first-order chi connectivity index (χ1) is 11.2. The average molecular weight is 367 g/mol. The van der Waals surface area contributed by atoms with Gasteiger partial charge < -0.3 is 15.8 Å². The molecule has 0 aliphatic heterocycles. The van der Waals surface area contributed by atoms with Crippen LogP contribution in [0.2, 0.25) is 5.02 Å². The van der Waals surface area contributed by atoms with Gasteiger partial charge in [-0.2, -0.15) is 0 Å². The molecule has 4 nitrogen and oxygen atoms in total. The van der Waals surface area contributed by atoms with Crippen molar-refractivity contribution in [1.82, 2.24) is 5.32 Å². The van der Waals surface area contributed by atoms with Gasteiger partial charge in [0, 0.05) is 6.54 Å². The standard InChI is InChI=1S/C18H23ClN2O2S/c1-18(2,3)8-9-21-11-12-4-5-14(13(19)10-12)23-16-7-6-15(24-16)17(20)22/h4-7,10,21H,8-9,11H2,1-3H3,(H2,20,22). The Morgan fingerprint density at radius 2 is 2.04 bits per heavy atom. The molecule has 2 rings (SSSR count). The van der Waals surface area contributed by atoms with Crippen molar-refractivity contribution in [3.8, 4) is 10.8 Å². The van der Waals surface area contributed by atoms with Gasteiger partial charge in [0.2, 0.25) is 0 Å². The highest BCUT2D eigenvalue weighted by Gasteiger charge is 2.11. The minimum Gasteiger partial charge on any atom is -0.445 e. The van der Waals surface area contributed by atoms with E-state index in [-0.39, 0.29) is 0 Å². The van der Waals surface area contributed by atoms with E-state index in [2.05, 4.69) is 26.1 Å². The first-order valence-electron chi connectivity index (χ1n) is 7.81. The predicted molar refractivity (Wildman–Crippen MR) is 100 cm³/mol. The number of amides is 1. The van der Waals surface area contributed by atoms with E-state index in [4.69, 9.17) is 22.1 Å². The van der Waals surface area contributed by atoms with Crippen molar-refractivity contribution in [2.24, 2.45) is 11.1 Å². The Balaban J connectivity index is 1.92. The lowest BCUT2D eigenvalue weighted by molar-refractivity contribution is 0.100. The Labute approximate surface area is 152 Å². The maximum absolute atomic E-state index is 11.1. The number of benzene rings is 1. The van der Waals surface area contributed by atoms with Gasteiger partial charge in [0.15, 0.2) is 5.06 Å². The number of rotatable bonds is 7. The van der Waals surface area contributed by atoms with Crippen molar-refractivity contribution in [1.29, 1.82) is 0 Å². The Bertz CT molecular complexity index is 707. The maximum Gasteiger partial charge on any atom is 0.258 e. The molecule has 0 unspecified atom stereocenters. The number of hydrogen-bond acceptors (Lipinski definition) is 4. The number of carbonyl (C=O) groups excluding carboxylic acids is 1. The lowest BCUT2D eigenvalue weighted by atomic mass is 9.92. The van der Waals surface area contributed by atoms with E-state index in [0.717, 1.165) is 25.1 Å². The highest BCUT2D eigenvalue weighted by Crippen LogP contribution is 2.34. The Kier molecular flexibility index (Phi) is 6.27. The minimum absolute atomic E-state index is 0.326. The Morgan fingerprint density at radius 3 is 2.62 bits per heavy atom. The van der Waals surface area contributed by atoms with Crippen LogP contribution in [0.3, 0.4) is 0 Å². The van der Waals surface area contributed by atoms with E-state index in [0.29, 0.717) is 26.1 Å². The van der Waals surface area contributed by atoms with E-state index < -0.39 is 5.91 Å². The first kappa shape index (κ1) is 18.8. The Hall–Kier alpha value is -1.56. The molecule has 0 spiro atoms. The summed E-state index contributed by atoms with van der Waals surface area (Å²) in [5.74, 6) is 0.102. The van der Waals surface area contributed by atoms with Gasteiger partial charge in [-0.25, -0.2) is 0 Å². The number of halogens is 1. The molecule has 1 aromatic carbocycles. The number of ether oxygens (including phenoxy) is 1. The molecule has 24 heavy (non-hydrogen) atoms. The van der Waals surface area contributed by atoms with Crippen LogP contribution in [0.15, 0.2) is 30.3 Å². The summed E-state index contributed by atoms with van der Waals surface area (Å²) in [4.78, 5) is 11.6. The second-order valence-corrected chi connectivity index (χ2v) is 8.29. The second kappa shape index (κ2) is 8.01. The maximum atomic E-state index is 11.1. The molecule has 1 amide bonds. The molecule has 6 heteroatoms. The van der Waals surface area contributed by atoms with Crippen LogP contribution in [0.5, 0.6) is 10.8 Å². The third-order valence-electron chi connectivity index (χ3n) is 3.41. The van der Waals surface area contributed by atoms with Crippen molar-refractivity contribution in [2.75, 3.05) is 6.54 Å². The Morgan fingerprint density at radius 1 is 1.29 bits per heavy atom. The third-order valence-corrected chi connectivity index (χ3v) is 4.69. The molecule has 1 heterocycles. The molecule has 0 aliphatic rings. The fourth-order valence-corrected chi connectivity index (χ4v) is 3.01. The molecule has 2 aromatic rings. The molecular formula is C18H23ClN2O2S. The van der Waals surface area contributed by atoms with Gasteiger partial charge in [-0.05, 0) is 48.2 Å². The number of nitrogens with one attached hydrogen (secondary N) is 1. The summed E-state index contributed by atoms with van der Waals surface area (Å²) in [5, 5.41) is 4.55. The summed E-state index contributed by atoms with van der Waals surface area (Å²) in [6.45, 7) is 8.41. The molecule has 0 radical (unpaired) electrons. The van der Waals surface area contributed by atoms with Gasteiger partial charge in [0.05, 0.1) is 9.90 Å². The van der Waals surface area contributed by atoms with Crippen LogP contribution in [0, 0.1) is 5.41 Å². The van der Waals surface area contributed by atoms with E-state index in [1.54, 1.807) is 12.1 Å². The SMILES string of the molecule is CC(C)(C)CCNCc1ccc(Oc2ccc(C(N)=O)s2)c(Cl)c1. The molecule has 0 bridgehead atoms. The highest BCUT2D eigenvalue weighted by atomic mass is 35.5. The molecule has 0 fully saturated rings. The lowest BCUT2D eigenvalue weighted by Crippen LogP contribution is -2.20. The molecule has 0 atom stereocenters. The van der Waals surface area contributed by atoms with Crippen molar-refractivity contribution in [3.05, 3.63) is 45.8 Å². The van der Waals surface area contributed by atoms with Crippen molar-refractivity contribution in [3.63, 3.8) is 0 Å².